The van der Waals surface area contributed by atoms with Crippen LogP contribution >= 0.6 is 11.3 Å². The third kappa shape index (κ3) is 5.23. The first-order valence-corrected chi connectivity index (χ1v) is 13.6. The quantitative estimate of drug-likeness (QED) is 0.390. The van der Waals surface area contributed by atoms with Gasteiger partial charge >= 0.3 is 5.97 Å². The van der Waals surface area contributed by atoms with Crippen LogP contribution in [0.1, 0.15) is 61.9 Å². The molecule has 2 aromatic carbocycles. The Morgan fingerprint density at radius 1 is 1.08 bits per heavy atom. The normalized spacial score (nSPS) is 15.2. The smallest absolute Gasteiger partial charge is 0.338 e. The van der Waals surface area contributed by atoms with Gasteiger partial charge in [0.2, 0.25) is 0 Å². The monoisotopic (exact) mass is 550 g/mol. The fourth-order valence-corrected chi connectivity index (χ4v) is 5.81. The number of benzene rings is 2. The van der Waals surface area contributed by atoms with E-state index >= 15 is 0 Å². The Balaban J connectivity index is 2.00. The SMILES string of the molecule is CCOC(=O)C1=C(C)N=c2sc(=Cc3cc(C(C)C)c(OC)cc3C)c(=O)n2[C@H]1c1ccc(OC)cc1OC. The highest BCUT2D eigenvalue weighted by atomic mass is 32.1. The molecule has 9 heteroatoms. The molecule has 0 aliphatic carbocycles. The molecule has 0 bridgehead atoms. The summed E-state index contributed by atoms with van der Waals surface area (Å²) in [5, 5.41) is 0. The van der Waals surface area contributed by atoms with E-state index in [1.165, 1.54) is 11.3 Å². The minimum atomic E-state index is -0.786. The lowest BCUT2D eigenvalue weighted by Gasteiger charge is -2.26. The number of hydrogen-bond acceptors (Lipinski definition) is 8. The van der Waals surface area contributed by atoms with Crippen molar-refractivity contribution in [3.05, 3.63) is 83.5 Å². The van der Waals surface area contributed by atoms with Crippen molar-refractivity contribution in [1.82, 2.24) is 4.57 Å². The third-order valence-electron chi connectivity index (χ3n) is 6.78. The Kier molecular flexibility index (Phi) is 8.30. The fourth-order valence-electron chi connectivity index (χ4n) is 4.77. The number of rotatable bonds is 8. The molecule has 0 fully saturated rings. The molecule has 1 atom stereocenters. The Labute approximate surface area is 231 Å². The summed E-state index contributed by atoms with van der Waals surface area (Å²) < 4.78 is 24.1. The van der Waals surface area contributed by atoms with E-state index in [2.05, 4.69) is 24.9 Å². The highest BCUT2D eigenvalue weighted by molar-refractivity contribution is 7.07. The molecule has 1 aliphatic heterocycles. The molecule has 0 unspecified atom stereocenters. The molecule has 1 aromatic heterocycles. The van der Waals surface area contributed by atoms with Gasteiger partial charge in [-0.1, -0.05) is 25.2 Å². The zero-order chi connectivity index (χ0) is 28.4. The molecule has 2 heterocycles. The van der Waals surface area contributed by atoms with E-state index in [9.17, 15) is 9.59 Å². The zero-order valence-corrected chi connectivity index (χ0v) is 24.4. The van der Waals surface area contributed by atoms with Crippen LogP contribution in [0, 0.1) is 6.92 Å². The van der Waals surface area contributed by atoms with Crippen molar-refractivity contribution in [3.8, 4) is 17.2 Å². The molecule has 0 radical (unpaired) electrons. The van der Waals surface area contributed by atoms with Crippen LogP contribution < -0.4 is 29.1 Å². The van der Waals surface area contributed by atoms with Crippen molar-refractivity contribution in [2.75, 3.05) is 27.9 Å². The van der Waals surface area contributed by atoms with Gasteiger partial charge < -0.3 is 18.9 Å². The van der Waals surface area contributed by atoms with Gasteiger partial charge in [0, 0.05) is 11.6 Å². The number of thiazole rings is 1. The Morgan fingerprint density at radius 3 is 2.41 bits per heavy atom. The van der Waals surface area contributed by atoms with Crippen LogP contribution in [0.5, 0.6) is 17.2 Å². The van der Waals surface area contributed by atoms with Crippen LogP contribution in [0.4, 0.5) is 0 Å². The number of ether oxygens (including phenoxy) is 4. The standard InChI is InChI=1S/C30H34N2O6S/c1-9-38-29(34)26-18(5)31-30-32(27(26)21-11-10-20(35-6)15-24(21)37-8)28(33)25(39-30)14-19-13-22(16(2)3)23(36-7)12-17(19)4/h10-16,27H,9H2,1-8H3/t27-/m0/s1. The molecule has 0 spiro atoms. The first-order valence-electron chi connectivity index (χ1n) is 12.7. The predicted octanol–water partition coefficient (Wildman–Crippen LogP) is 4.26. The molecule has 0 saturated carbocycles. The molecular weight excluding hydrogens is 516 g/mol. The Bertz CT molecular complexity index is 1630. The molecule has 3 aromatic rings. The van der Waals surface area contributed by atoms with Gasteiger partial charge in [0.15, 0.2) is 4.80 Å². The Morgan fingerprint density at radius 2 is 1.79 bits per heavy atom. The van der Waals surface area contributed by atoms with E-state index < -0.39 is 12.0 Å². The number of aromatic nitrogens is 1. The van der Waals surface area contributed by atoms with Crippen molar-refractivity contribution < 1.29 is 23.7 Å². The van der Waals surface area contributed by atoms with Crippen molar-refractivity contribution in [1.29, 1.82) is 0 Å². The van der Waals surface area contributed by atoms with Crippen LogP contribution in [-0.2, 0) is 9.53 Å². The van der Waals surface area contributed by atoms with E-state index in [4.69, 9.17) is 18.9 Å². The second kappa shape index (κ2) is 11.5. The lowest BCUT2D eigenvalue weighted by Crippen LogP contribution is -2.40. The van der Waals surface area contributed by atoms with Crippen LogP contribution in [0.25, 0.3) is 6.08 Å². The van der Waals surface area contributed by atoms with E-state index in [-0.39, 0.29) is 18.1 Å². The average Bonchev–Trinajstić information content (AvgIpc) is 3.22. The van der Waals surface area contributed by atoms with E-state index in [1.54, 1.807) is 57.9 Å². The van der Waals surface area contributed by atoms with Crippen LogP contribution in [-0.4, -0.2) is 38.5 Å². The van der Waals surface area contributed by atoms with Gasteiger partial charge in [-0.3, -0.25) is 9.36 Å². The number of aryl methyl sites for hydroxylation is 1. The highest BCUT2D eigenvalue weighted by Gasteiger charge is 2.35. The van der Waals surface area contributed by atoms with Gasteiger partial charge in [-0.2, -0.15) is 0 Å². The zero-order valence-electron chi connectivity index (χ0n) is 23.6. The van der Waals surface area contributed by atoms with E-state index in [0.717, 1.165) is 22.4 Å². The number of fused-ring (bicyclic) bond motifs is 1. The Hall–Kier alpha value is -3.85. The molecule has 1 aliphatic rings. The van der Waals surface area contributed by atoms with Crippen LogP contribution in [0.15, 0.2) is 51.4 Å². The number of methoxy groups -OCH3 is 3. The second-order valence-corrected chi connectivity index (χ2v) is 10.5. The maximum absolute atomic E-state index is 14.0. The molecule has 8 nitrogen and oxygen atoms in total. The lowest BCUT2D eigenvalue weighted by molar-refractivity contribution is -0.139. The molecule has 0 saturated heterocycles. The predicted molar refractivity (Wildman–Crippen MR) is 152 cm³/mol. The van der Waals surface area contributed by atoms with Gasteiger partial charge in [-0.05, 0) is 73.7 Å². The maximum atomic E-state index is 14.0. The van der Waals surface area contributed by atoms with Crippen molar-refractivity contribution in [2.24, 2.45) is 4.99 Å². The van der Waals surface area contributed by atoms with Gasteiger partial charge in [0.05, 0.1) is 43.7 Å². The minimum absolute atomic E-state index is 0.196. The van der Waals surface area contributed by atoms with Crippen molar-refractivity contribution in [2.45, 2.75) is 46.6 Å². The second-order valence-electron chi connectivity index (χ2n) is 9.52. The summed E-state index contributed by atoms with van der Waals surface area (Å²) in [4.78, 5) is 32.4. The average molecular weight is 551 g/mol. The number of carbonyl (C=O) groups excluding carboxylic acids is 1. The summed E-state index contributed by atoms with van der Waals surface area (Å²) in [6.07, 6.45) is 1.89. The first kappa shape index (κ1) is 28.2. The fraction of sp³-hybridized carbons (Fsp3) is 0.367. The third-order valence-corrected chi connectivity index (χ3v) is 7.76. The number of carbonyl (C=O) groups is 1. The van der Waals surface area contributed by atoms with Gasteiger partial charge in [0.25, 0.3) is 5.56 Å². The molecule has 0 amide bonds. The summed E-state index contributed by atoms with van der Waals surface area (Å²) in [6, 6.07) is 8.59. The van der Waals surface area contributed by atoms with Gasteiger partial charge in [-0.15, -0.1) is 0 Å². The number of allylic oxidation sites excluding steroid dienone is 1. The van der Waals surface area contributed by atoms with E-state index in [0.29, 0.717) is 37.7 Å². The van der Waals surface area contributed by atoms with Gasteiger partial charge in [0.1, 0.15) is 23.3 Å². The van der Waals surface area contributed by atoms with Crippen LogP contribution in [0.2, 0.25) is 0 Å². The topological polar surface area (TPSA) is 88.4 Å². The summed E-state index contributed by atoms with van der Waals surface area (Å²) >= 11 is 1.29. The number of esters is 1. The molecule has 206 valence electrons. The van der Waals surface area contributed by atoms with Gasteiger partial charge in [-0.25, -0.2) is 9.79 Å². The largest absolute Gasteiger partial charge is 0.497 e. The number of hydrogen-bond donors (Lipinski definition) is 0. The molecular formula is C30H34N2O6S. The molecule has 39 heavy (non-hydrogen) atoms. The maximum Gasteiger partial charge on any atom is 0.338 e. The van der Waals surface area contributed by atoms with Crippen molar-refractivity contribution in [3.63, 3.8) is 0 Å². The van der Waals surface area contributed by atoms with Crippen molar-refractivity contribution >= 4 is 23.4 Å². The number of nitrogens with zero attached hydrogens (tertiary/aromatic N) is 2. The lowest BCUT2D eigenvalue weighted by atomic mass is 9.95. The minimum Gasteiger partial charge on any atom is -0.497 e. The first-order chi connectivity index (χ1) is 18.6. The van der Waals surface area contributed by atoms with E-state index in [1.807, 2.05) is 19.1 Å². The summed E-state index contributed by atoms with van der Waals surface area (Å²) in [7, 11) is 4.77. The summed E-state index contributed by atoms with van der Waals surface area (Å²) in [6.45, 7) is 9.90. The molecule has 0 N–H and O–H groups in total. The highest BCUT2D eigenvalue weighted by Crippen LogP contribution is 2.37. The summed E-state index contributed by atoms with van der Waals surface area (Å²) in [5.41, 5.74) is 4.13. The summed E-state index contributed by atoms with van der Waals surface area (Å²) in [5.74, 6) is 1.62. The molecule has 4 rings (SSSR count). The van der Waals surface area contributed by atoms with Crippen LogP contribution in [0.3, 0.4) is 0 Å².